The smallest absolute Gasteiger partial charge is 0.410 e. The van der Waals surface area contributed by atoms with Gasteiger partial charge in [0.2, 0.25) is 0 Å². The van der Waals surface area contributed by atoms with Crippen LogP contribution >= 0.6 is 0 Å². The highest BCUT2D eigenvalue weighted by atomic mass is 16.7. The molecule has 0 fully saturated rings. The number of nitrogens with one attached hydrogen (secondary N) is 3. The number of amides is 1. The maximum atomic E-state index is 12.8. The number of para-hydroxylation sites is 1. The Morgan fingerprint density at radius 1 is 1.15 bits per heavy atom. The Morgan fingerprint density at radius 2 is 1.90 bits per heavy atom. The number of fused-ring (bicyclic) bond motifs is 4. The topological polar surface area (TPSA) is 109 Å². The zero-order chi connectivity index (χ0) is 28.2. The monoisotopic (exact) mass is 527 g/mol. The van der Waals surface area contributed by atoms with Gasteiger partial charge in [0.05, 0.1) is 18.8 Å². The fourth-order valence-corrected chi connectivity index (χ4v) is 4.00. The van der Waals surface area contributed by atoms with Gasteiger partial charge in [0.1, 0.15) is 11.4 Å². The number of hydrogen-bond donors (Lipinski definition) is 3. The molecule has 2 heterocycles. The number of carbonyl (C=O) groups excluding carboxylic acids is 1. The summed E-state index contributed by atoms with van der Waals surface area (Å²) in [5.74, 6) is 7.28. The van der Waals surface area contributed by atoms with E-state index in [9.17, 15) is 4.79 Å². The van der Waals surface area contributed by atoms with Crippen LogP contribution < -0.4 is 15.5 Å². The third-order valence-electron chi connectivity index (χ3n) is 6.13. The van der Waals surface area contributed by atoms with Gasteiger partial charge in [-0.2, -0.15) is 0 Å². The molecular formula is C30H33N5O4. The number of ether oxygens (including phenoxy) is 2. The lowest BCUT2D eigenvalue weighted by Crippen LogP contribution is -2.49. The number of nitrogens with zero attached hydrogens (tertiary/aromatic N) is 2. The highest BCUT2D eigenvalue weighted by Crippen LogP contribution is 2.40. The maximum Gasteiger partial charge on any atom is 0.410 e. The average molecular weight is 528 g/mol. The number of aromatic nitrogens is 1. The number of anilines is 2. The van der Waals surface area contributed by atoms with E-state index in [4.69, 9.17) is 24.7 Å². The molecule has 1 aliphatic heterocycles. The van der Waals surface area contributed by atoms with E-state index < -0.39 is 24.0 Å². The molecule has 3 N–H and O–H groups in total. The molecule has 0 aliphatic carbocycles. The van der Waals surface area contributed by atoms with Crippen LogP contribution in [0.2, 0.25) is 0 Å². The standard InChI is InChI=1S/C30H33N5O4/c1-19(35(5)29(36)38-30(2,3)4)28-33-25-17-23(22-14-10-13-21(18-31)26(22)34-39-28)27(37-6)24(32-25)16-15-20-11-8-7-9-12-20/h7-14,17-19,28,31,34H,1-6H3,(H,32,33). The molecule has 0 spiro atoms. The van der Waals surface area contributed by atoms with Crippen LogP contribution in [0.25, 0.3) is 11.1 Å². The second-order valence-corrected chi connectivity index (χ2v) is 10.1. The van der Waals surface area contributed by atoms with Gasteiger partial charge in [-0.05, 0) is 51.8 Å². The summed E-state index contributed by atoms with van der Waals surface area (Å²) in [5.41, 5.74) is 6.30. The summed E-state index contributed by atoms with van der Waals surface area (Å²) >= 11 is 0. The molecule has 202 valence electrons. The Labute approximate surface area is 229 Å². The van der Waals surface area contributed by atoms with Gasteiger partial charge in [0.15, 0.2) is 17.7 Å². The minimum atomic E-state index is -0.754. The lowest BCUT2D eigenvalue weighted by molar-refractivity contribution is 0.00113. The van der Waals surface area contributed by atoms with E-state index in [-0.39, 0.29) is 0 Å². The molecule has 0 radical (unpaired) electrons. The SMILES string of the molecule is COc1c2cc(nc1C#Cc1ccccc1)NC(C(C)N(C)C(=O)OC(C)(C)C)ONc1c(C=N)cccc1-2. The van der Waals surface area contributed by atoms with Crippen LogP contribution in [0.15, 0.2) is 54.6 Å². The van der Waals surface area contributed by atoms with Crippen molar-refractivity contribution < 1.29 is 19.1 Å². The Hall–Kier alpha value is -4.55. The first-order chi connectivity index (χ1) is 18.6. The minimum Gasteiger partial charge on any atom is -0.493 e. The number of pyridine rings is 1. The maximum absolute atomic E-state index is 12.8. The van der Waals surface area contributed by atoms with E-state index >= 15 is 0 Å². The summed E-state index contributed by atoms with van der Waals surface area (Å²) in [6, 6.07) is 16.6. The van der Waals surface area contributed by atoms with Gasteiger partial charge in [0, 0.05) is 35.5 Å². The van der Waals surface area contributed by atoms with Crippen LogP contribution in [0.5, 0.6) is 5.75 Å². The second kappa shape index (κ2) is 11.5. The van der Waals surface area contributed by atoms with E-state index in [0.29, 0.717) is 28.5 Å². The predicted molar refractivity (Wildman–Crippen MR) is 152 cm³/mol. The largest absolute Gasteiger partial charge is 0.493 e. The van der Waals surface area contributed by atoms with Crippen LogP contribution in [0.3, 0.4) is 0 Å². The third-order valence-corrected chi connectivity index (χ3v) is 6.13. The van der Waals surface area contributed by atoms with Crippen molar-refractivity contribution in [2.75, 3.05) is 25.0 Å². The van der Waals surface area contributed by atoms with E-state index in [0.717, 1.165) is 16.7 Å². The molecule has 4 rings (SSSR count). The van der Waals surface area contributed by atoms with Gasteiger partial charge in [0.25, 0.3) is 0 Å². The van der Waals surface area contributed by atoms with E-state index in [1.807, 2.05) is 82.3 Å². The molecule has 9 heteroatoms. The summed E-state index contributed by atoms with van der Waals surface area (Å²) in [6.45, 7) is 7.29. The number of hydrogen-bond acceptors (Lipinski definition) is 8. The van der Waals surface area contributed by atoms with Crippen molar-refractivity contribution in [1.29, 1.82) is 5.41 Å². The fourth-order valence-electron chi connectivity index (χ4n) is 4.00. The van der Waals surface area contributed by atoms with E-state index in [1.54, 1.807) is 14.2 Å². The normalized spacial score (nSPS) is 14.9. The zero-order valence-corrected chi connectivity index (χ0v) is 23.0. The third kappa shape index (κ3) is 6.30. The van der Waals surface area contributed by atoms with Gasteiger partial charge in [-0.3, -0.25) is 5.48 Å². The van der Waals surface area contributed by atoms with Crippen LogP contribution in [-0.2, 0) is 9.57 Å². The minimum absolute atomic E-state index is 0.432. The lowest BCUT2D eigenvalue weighted by Gasteiger charge is -2.33. The van der Waals surface area contributed by atoms with Gasteiger partial charge < -0.3 is 25.1 Å². The molecule has 1 amide bonds. The molecule has 0 saturated heterocycles. The number of methoxy groups -OCH3 is 1. The number of carbonyl (C=O) groups is 1. The molecular weight excluding hydrogens is 494 g/mol. The predicted octanol–water partition coefficient (Wildman–Crippen LogP) is 5.51. The number of likely N-dealkylation sites (N-methyl/N-ethyl adjacent to an activating group) is 1. The first-order valence-corrected chi connectivity index (χ1v) is 12.5. The Bertz CT molecular complexity index is 1420. The molecule has 2 atom stereocenters. The van der Waals surface area contributed by atoms with Crippen LogP contribution in [0, 0.1) is 17.3 Å². The average Bonchev–Trinajstić information content (AvgIpc) is 2.98. The van der Waals surface area contributed by atoms with Crippen molar-refractivity contribution >= 4 is 23.8 Å². The Kier molecular flexibility index (Phi) is 8.07. The number of benzene rings is 2. The molecule has 2 aromatic carbocycles. The molecule has 0 saturated carbocycles. The van der Waals surface area contributed by atoms with Gasteiger partial charge in [-0.1, -0.05) is 42.3 Å². The molecule has 2 unspecified atom stereocenters. The zero-order valence-electron chi connectivity index (χ0n) is 23.0. The van der Waals surface area contributed by atoms with Gasteiger partial charge >= 0.3 is 6.09 Å². The van der Waals surface area contributed by atoms with Gasteiger partial charge in [-0.25, -0.2) is 14.6 Å². The Balaban J connectivity index is 1.83. The summed E-state index contributed by atoms with van der Waals surface area (Å²) in [7, 11) is 3.22. The summed E-state index contributed by atoms with van der Waals surface area (Å²) in [4.78, 5) is 25.1. The van der Waals surface area contributed by atoms with Crippen molar-refractivity contribution in [1.82, 2.24) is 9.88 Å². The molecule has 2 bridgehead atoms. The van der Waals surface area contributed by atoms with E-state index in [1.165, 1.54) is 11.1 Å². The first-order valence-electron chi connectivity index (χ1n) is 12.5. The van der Waals surface area contributed by atoms with Crippen LogP contribution in [0.1, 0.15) is 44.5 Å². The molecule has 9 nitrogen and oxygen atoms in total. The highest BCUT2D eigenvalue weighted by Gasteiger charge is 2.31. The molecule has 3 aromatic rings. The van der Waals surface area contributed by atoms with Crippen molar-refractivity contribution in [2.45, 2.75) is 45.6 Å². The van der Waals surface area contributed by atoms with Crippen LogP contribution in [0.4, 0.5) is 16.3 Å². The van der Waals surface area contributed by atoms with Crippen LogP contribution in [-0.4, -0.2) is 54.2 Å². The van der Waals surface area contributed by atoms with Crippen molar-refractivity contribution in [3.8, 4) is 28.7 Å². The molecule has 39 heavy (non-hydrogen) atoms. The summed E-state index contributed by atoms with van der Waals surface area (Å²) in [6.07, 6.45) is 0.00537. The van der Waals surface area contributed by atoms with Crippen molar-refractivity contribution in [2.24, 2.45) is 0 Å². The Morgan fingerprint density at radius 3 is 2.56 bits per heavy atom. The highest BCUT2D eigenvalue weighted by molar-refractivity contribution is 5.95. The summed E-state index contributed by atoms with van der Waals surface area (Å²) in [5, 5.41) is 11.3. The molecule has 1 aromatic heterocycles. The number of rotatable bonds is 4. The quantitative estimate of drug-likeness (QED) is 0.303. The second-order valence-electron chi connectivity index (χ2n) is 10.1. The van der Waals surface area contributed by atoms with Crippen molar-refractivity contribution in [3.63, 3.8) is 0 Å². The van der Waals surface area contributed by atoms with Crippen molar-refractivity contribution in [3.05, 3.63) is 71.4 Å². The van der Waals surface area contributed by atoms with Gasteiger partial charge in [-0.15, -0.1) is 0 Å². The van der Waals surface area contributed by atoms with E-state index in [2.05, 4.69) is 22.6 Å². The lowest BCUT2D eigenvalue weighted by atomic mass is 9.99. The molecule has 1 aliphatic rings. The first kappa shape index (κ1) is 27.5. The fraction of sp³-hybridized carbons (Fsp3) is 0.300. The summed E-state index contributed by atoms with van der Waals surface area (Å²) < 4.78 is 11.4.